The molecule has 1 amide bonds. The maximum Gasteiger partial charge on any atom is 0.220 e. The minimum Gasteiger partial charge on any atom is -0.355 e. The maximum atomic E-state index is 11.4. The zero-order valence-electron chi connectivity index (χ0n) is 11.4. The predicted octanol–water partition coefficient (Wildman–Crippen LogP) is 2.21. The Morgan fingerprint density at radius 1 is 1.28 bits per heavy atom. The normalized spacial score (nSPS) is 10.7. The first-order valence-electron chi connectivity index (χ1n) is 6.69. The van der Waals surface area contributed by atoms with Gasteiger partial charge >= 0.3 is 0 Å². The maximum absolute atomic E-state index is 11.4. The summed E-state index contributed by atoms with van der Waals surface area (Å²) in [6, 6.07) is 8.67. The van der Waals surface area contributed by atoms with Crippen LogP contribution in [-0.2, 0) is 11.2 Å². The fourth-order valence-electron chi connectivity index (χ4n) is 1.82. The molecule has 1 rings (SSSR count). The van der Waals surface area contributed by atoms with Crippen molar-refractivity contribution >= 4 is 5.91 Å². The zero-order valence-corrected chi connectivity index (χ0v) is 11.4. The summed E-state index contributed by atoms with van der Waals surface area (Å²) >= 11 is 0. The number of amides is 1. The van der Waals surface area contributed by atoms with Gasteiger partial charge in [0.15, 0.2) is 0 Å². The monoisotopic (exact) mass is 248 g/mol. The van der Waals surface area contributed by atoms with Crippen LogP contribution in [0, 0.1) is 0 Å². The Hall–Kier alpha value is -1.35. The van der Waals surface area contributed by atoms with Gasteiger partial charge in [-0.2, -0.15) is 0 Å². The molecular weight excluding hydrogens is 224 g/mol. The third-order valence-electron chi connectivity index (χ3n) is 2.98. The number of carbonyl (C=O) groups is 1. The lowest BCUT2D eigenvalue weighted by atomic mass is 10.00. The molecule has 0 heterocycles. The Morgan fingerprint density at radius 3 is 2.50 bits per heavy atom. The summed E-state index contributed by atoms with van der Waals surface area (Å²) in [6.07, 6.45) is 2.41. The van der Waals surface area contributed by atoms with Gasteiger partial charge < -0.3 is 11.1 Å². The molecule has 0 aliphatic rings. The predicted molar refractivity (Wildman–Crippen MR) is 75.5 cm³/mol. The summed E-state index contributed by atoms with van der Waals surface area (Å²) in [7, 11) is 0. The molecule has 1 aromatic carbocycles. The van der Waals surface area contributed by atoms with Crippen LogP contribution in [0.4, 0.5) is 0 Å². The Bertz CT molecular complexity index is 357. The Balaban J connectivity index is 2.29. The fraction of sp³-hybridized carbons (Fsp3) is 0.533. The van der Waals surface area contributed by atoms with Crippen LogP contribution in [0.2, 0.25) is 0 Å². The highest BCUT2D eigenvalue weighted by Gasteiger charge is 2.02. The minimum absolute atomic E-state index is 0.0965. The van der Waals surface area contributed by atoms with E-state index in [9.17, 15) is 4.79 Å². The van der Waals surface area contributed by atoms with E-state index in [1.165, 1.54) is 11.1 Å². The molecule has 0 aliphatic heterocycles. The van der Waals surface area contributed by atoms with Crippen molar-refractivity contribution in [1.29, 1.82) is 0 Å². The topological polar surface area (TPSA) is 55.1 Å². The van der Waals surface area contributed by atoms with Crippen molar-refractivity contribution in [3.63, 3.8) is 0 Å². The van der Waals surface area contributed by atoms with Crippen molar-refractivity contribution in [2.75, 3.05) is 13.1 Å². The lowest BCUT2D eigenvalue weighted by Gasteiger charge is -2.07. The average Bonchev–Trinajstić information content (AvgIpc) is 2.37. The molecule has 1 aromatic rings. The quantitative estimate of drug-likeness (QED) is 0.777. The lowest BCUT2D eigenvalue weighted by molar-refractivity contribution is -0.121. The summed E-state index contributed by atoms with van der Waals surface area (Å²) in [6.45, 7) is 5.46. The van der Waals surface area contributed by atoms with Crippen molar-refractivity contribution in [3.05, 3.63) is 35.4 Å². The van der Waals surface area contributed by atoms with Gasteiger partial charge in [-0.3, -0.25) is 4.79 Å². The molecule has 0 saturated carbocycles. The van der Waals surface area contributed by atoms with Gasteiger partial charge in [-0.25, -0.2) is 0 Å². The molecule has 3 nitrogen and oxygen atoms in total. The van der Waals surface area contributed by atoms with E-state index in [0.29, 0.717) is 25.4 Å². The number of hydrogen-bond donors (Lipinski definition) is 2. The number of aryl methyl sites for hydroxylation is 1. The van der Waals surface area contributed by atoms with E-state index >= 15 is 0 Å². The van der Waals surface area contributed by atoms with Crippen LogP contribution in [0.15, 0.2) is 24.3 Å². The Kier molecular flexibility index (Phi) is 6.44. The van der Waals surface area contributed by atoms with Gasteiger partial charge in [0.1, 0.15) is 0 Å². The number of hydrogen-bond acceptors (Lipinski definition) is 2. The third kappa shape index (κ3) is 5.32. The van der Waals surface area contributed by atoms with E-state index < -0.39 is 0 Å². The molecule has 3 N–H and O–H groups in total. The lowest BCUT2D eigenvalue weighted by Crippen LogP contribution is -2.28. The van der Waals surface area contributed by atoms with E-state index in [2.05, 4.69) is 43.4 Å². The molecule has 0 spiro atoms. The summed E-state index contributed by atoms with van der Waals surface area (Å²) in [5, 5.41) is 2.78. The summed E-state index contributed by atoms with van der Waals surface area (Å²) in [5.74, 6) is 0.667. The SMILES string of the molecule is CC(C)c1ccc(CCCC(=O)NCCN)cc1. The van der Waals surface area contributed by atoms with Crippen molar-refractivity contribution < 1.29 is 4.79 Å². The molecule has 0 bridgehead atoms. The summed E-state index contributed by atoms with van der Waals surface area (Å²) < 4.78 is 0. The van der Waals surface area contributed by atoms with E-state index in [1.54, 1.807) is 0 Å². The molecule has 18 heavy (non-hydrogen) atoms. The van der Waals surface area contributed by atoms with Gasteiger partial charge in [-0.1, -0.05) is 38.1 Å². The molecule has 0 fully saturated rings. The molecule has 100 valence electrons. The summed E-state index contributed by atoms with van der Waals surface area (Å²) in [4.78, 5) is 11.4. The standard InChI is InChI=1S/C15H24N2O/c1-12(2)14-8-6-13(7-9-14)4-3-5-15(18)17-11-10-16/h6-9,12H,3-5,10-11,16H2,1-2H3,(H,17,18). The van der Waals surface area contributed by atoms with Crippen LogP contribution < -0.4 is 11.1 Å². The largest absolute Gasteiger partial charge is 0.355 e. The van der Waals surface area contributed by atoms with Crippen molar-refractivity contribution in [2.45, 2.75) is 39.0 Å². The number of benzene rings is 1. The fourth-order valence-corrected chi connectivity index (χ4v) is 1.82. The molecule has 3 heteroatoms. The first-order chi connectivity index (χ1) is 8.63. The first-order valence-corrected chi connectivity index (χ1v) is 6.69. The third-order valence-corrected chi connectivity index (χ3v) is 2.98. The van der Waals surface area contributed by atoms with E-state index in [-0.39, 0.29) is 5.91 Å². The van der Waals surface area contributed by atoms with Gasteiger partial charge in [0.25, 0.3) is 0 Å². The molecular formula is C15H24N2O. The number of carbonyl (C=O) groups excluding carboxylic acids is 1. The van der Waals surface area contributed by atoms with Gasteiger partial charge in [0, 0.05) is 19.5 Å². The molecule has 0 atom stereocenters. The molecule has 0 aromatic heterocycles. The number of rotatable bonds is 7. The van der Waals surface area contributed by atoms with Crippen molar-refractivity contribution in [2.24, 2.45) is 5.73 Å². The van der Waals surface area contributed by atoms with Gasteiger partial charge in [0.2, 0.25) is 5.91 Å². The van der Waals surface area contributed by atoms with E-state index in [4.69, 9.17) is 5.73 Å². The second-order valence-electron chi connectivity index (χ2n) is 4.89. The Labute approximate surface area is 110 Å². The smallest absolute Gasteiger partial charge is 0.220 e. The second-order valence-corrected chi connectivity index (χ2v) is 4.89. The number of nitrogens with two attached hydrogens (primary N) is 1. The van der Waals surface area contributed by atoms with Crippen LogP contribution >= 0.6 is 0 Å². The zero-order chi connectivity index (χ0) is 13.4. The second kappa shape index (κ2) is 7.88. The van der Waals surface area contributed by atoms with Crippen LogP contribution in [0.25, 0.3) is 0 Å². The van der Waals surface area contributed by atoms with Crippen LogP contribution in [0.3, 0.4) is 0 Å². The van der Waals surface area contributed by atoms with Crippen molar-refractivity contribution in [3.8, 4) is 0 Å². The highest BCUT2D eigenvalue weighted by molar-refractivity contribution is 5.75. The minimum atomic E-state index is 0.0965. The first kappa shape index (κ1) is 14.7. The average molecular weight is 248 g/mol. The van der Waals surface area contributed by atoms with Crippen LogP contribution in [0.1, 0.15) is 43.7 Å². The molecule has 0 aliphatic carbocycles. The van der Waals surface area contributed by atoms with Crippen LogP contribution in [-0.4, -0.2) is 19.0 Å². The number of nitrogens with one attached hydrogen (secondary N) is 1. The summed E-state index contributed by atoms with van der Waals surface area (Å²) in [5.41, 5.74) is 7.98. The van der Waals surface area contributed by atoms with Crippen molar-refractivity contribution in [1.82, 2.24) is 5.32 Å². The van der Waals surface area contributed by atoms with Gasteiger partial charge in [-0.05, 0) is 29.9 Å². The van der Waals surface area contributed by atoms with Gasteiger partial charge in [0.05, 0.1) is 0 Å². The molecule has 0 unspecified atom stereocenters. The highest BCUT2D eigenvalue weighted by atomic mass is 16.1. The van der Waals surface area contributed by atoms with Gasteiger partial charge in [-0.15, -0.1) is 0 Å². The van der Waals surface area contributed by atoms with Crippen LogP contribution in [0.5, 0.6) is 0 Å². The molecule has 0 saturated heterocycles. The Morgan fingerprint density at radius 2 is 1.94 bits per heavy atom. The van der Waals surface area contributed by atoms with E-state index in [1.807, 2.05) is 0 Å². The molecule has 0 radical (unpaired) electrons. The highest BCUT2D eigenvalue weighted by Crippen LogP contribution is 2.15. The van der Waals surface area contributed by atoms with E-state index in [0.717, 1.165) is 12.8 Å².